The first-order valence-electron chi connectivity index (χ1n) is 5.61. The average molecular weight is 238 g/mol. The second-order valence-corrected chi connectivity index (χ2v) is 4.13. The van der Waals surface area contributed by atoms with Crippen LogP contribution in [0.1, 0.15) is 25.7 Å². The van der Waals surface area contributed by atoms with Gasteiger partial charge < -0.3 is 9.84 Å². The highest BCUT2D eigenvalue weighted by atomic mass is 16.6. The molecule has 0 spiro atoms. The Morgan fingerprint density at radius 1 is 1.41 bits per heavy atom. The fourth-order valence-corrected chi connectivity index (χ4v) is 1.93. The molecule has 1 N–H and O–H groups in total. The fourth-order valence-electron chi connectivity index (χ4n) is 1.93. The number of hydrogen-bond donors (Lipinski definition) is 1. The van der Waals surface area contributed by atoms with Crippen LogP contribution in [-0.2, 0) is 0 Å². The van der Waals surface area contributed by atoms with Crippen LogP contribution in [0.5, 0.6) is 5.88 Å². The zero-order chi connectivity index (χ0) is 12.3. The van der Waals surface area contributed by atoms with Crippen LogP contribution >= 0.6 is 0 Å². The van der Waals surface area contributed by atoms with E-state index < -0.39 is 4.92 Å². The van der Waals surface area contributed by atoms with Crippen LogP contribution in [0.4, 0.5) is 5.69 Å². The molecule has 17 heavy (non-hydrogen) atoms. The third kappa shape index (κ3) is 2.91. The second kappa shape index (κ2) is 5.09. The molecule has 0 amide bonds. The number of hydrogen-bond acceptors (Lipinski definition) is 5. The minimum atomic E-state index is -0.500. The largest absolute Gasteiger partial charge is 0.469 e. The maximum Gasteiger partial charge on any atom is 0.330 e. The van der Waals surface area contributed by atoms with Crippen LogP contribution in [0.3, 0.4) is 0 Å². The Labute approximate surface area is 98.4 Å². The zero-order valence-electron chi connectivity index (χ0n) is 9.28. The lowest BCUT2D eigenvalue weighted by atomic mass is 9.95. The molecule has 0 radical (unpaired) electrons. The molecule has 6 heteroatoms. The maximum absolute atomic E-state index is 10.8. The molecule has 0 bridgehead atoms. The van der Waals surface area contributed by atoms with Gasteiger partial charge in [0.1, 0.15) is 6.10 Å². The van der Waals surface area contributed by atoms with Gasteiger partial charge in [-0.1, -0.05) is 0 Å². The van der Waals surface area contributed by atoms with Gasteiger partial charge in [-0.15, -0.1) is 0 Å². The first-order valence-corrected chi connectivity index (χ1v) is 5.61. The quantitative estimate of drug-likeness (QED) is 0.639. The number of aliphatic hydroxyl groups excluding tert-OH is 1. The van der Waals surface area contributed by atoms with Crippen LogP contribution in [0.2, 0.25) is 0 Å². The first-order chi connectivity index (χ1) is 8.16. The van der Waals surface area contributed by atoms with E-state index in [0.29, 0.717) is 25.7 Å². The normalized spacial score (nSPS) is 24.3. The van der Waals surface area contributed by atoms with E-state index in [4.69, 9.17) is 4.74 Å². The van der Waals surface area contributed by atoms with Gasteiger partial charge >= 0.3 is 5.69 Å². The summed E-state index contributed by atoms with van der Waals surface area (Å²) in [5.74, 6) is 0.0684. The Kier molecular flexibility index (Phi) is 3.53. The Morgan fingerprint density at radius 2 is 2.12 bits per heavy atom. The van der Waals surface area contributed by atoms with E-state index >= 15 is 0 Å². The topological polar surface area (TPSA) is 85.5 Å². The van der Waals surface area contributed by atoms with E-state index in [-0.39, 0.29) is 23.8 Å². The number of aromatic nitrogens is 1. The van der Waals surface area contributed by atoms with E-state index in [1.165, 1.54) is 18.3 Å². The molecule has 0 unspecified atom stereocenters. The second-order valence-electron chi connectivity index (χ2n) is 4.13. The third-order valence-electron chi connectivity index (χ3n) is 2.87. The molecular weight excluding hydrogens is 224 g/mol. The lowest BCUT2D eigenvalue weighted by Gasteiger charge is -2.25. The molecule has 6 nitrogen and oxygen atoms in total. The van der Waals surface area contributed by atoms with Gasteiger partial charge in [0.25, 0.3) is 5.88 Å². The highest BCUT2D eigenvalue weighted by Gasteiger charge is 2.24. The minimum Gasteiger partial charge on any atom is -0.469 e. The van der Waals surface area contributed by atoms with Crippen molar-refractivity contribution in [2.45, 2.75) is 37.9 Å². The SMILES string of the molecule is O=[N+]([O-])c1cccnc1OC1CCC(O)CC1. The first kappa shape index (κ1) is 11.8. The Morgan fingerprint density at radius 3 is 2.76 bits per heavy atom. The van der Waals surface area contributed by atoms with Gasteiger partial charge in [0.15, 0.2) is 0 Å². The molecule has 1 saturated carbocycles. The van der Waals surface area contributed by atoms with Crippen molar-refractivity contribution in [2.75, 3.05) is 0 Å². The number of pyridine rings is 1. The number of rotatable bonds is 3. The molecule has 1 aromatic rings. The summed E-state index contributed by atoms with van der Waals surface area (Å²) >= 11 is 0. The highest BCUT2D eigenvalue weighted by Crippen LogP contribution is 2.28. The smallest absolute Gasteiger partial charge is 0.330 e. The molecule has 0 aliphatic heterocycles. The summed E-state index contributed by atoms with van der Waals surface area (Å²) in [7, 11) is 0. The third-order valence-corrected chi connectivity index (χ3v) is 2.87. The van der Waals surface area contributed by atoms with E-state index in [9.17, 15) is 15.2 Å². The molecule has 1 heterocycles. The lowest BCUT2D eigenvalue weighted by Crippen LogP contribution is -2.27. The van der Waals surface area contributed by atoms with Crippen molar-refractivity contribution in [3.8, 4) is 5.88 Å². The predicted octanol–water partition coefficient (Wildman–Crippen LogP) is 1.67. The minimum absolute atomic E-state index is 0.0684. The van der Waals surface area contributed by atoms with Crippen LogP contribution in [0.15, 0.2) is 18.3 Å². The van der Waals surface area contributed by atoms with Crippen LogP contribution < -0.4 is 4.74 Å². The summed E-state index contributed by atoms with van der Waals surface area (Å²) in [6, 6.07) is 2.88. The molecule has 2 rings (SSSR count). The van der Waals surface area contributed by atoms with Crippen LogP contribution in [0, 0.1) is 10.1 Å². The van der Waals surface area contributed by atoms with E-state index in [1.54, 1.807) is 0 Å². The van der Waals surface area contributed by atoms with Crippen molar-refractivity contribution >= 4 is 5.69 Å². The monoisotopic (exact) mass is 238 g/mol. The number of aliphatic hydroxyl groups is 1. The fraction of sp³-hybridized carbons (Fsp3) is 0.545. The summed E-state index contributed by atoms with van der Waals surface area (Å²) in [6.45, 7) is 0. The summed E-state index contributed by atoms with van der Waals surface area (Å²) in [4.78, 5) is 14.1. The molecule has 1 aromatic heterocycles. The van der Waals surface area contributed by atoms with Crippen molar-refractivity contribution in [3.05, 3.63) is 28.4 Å². The summed E-state index contributed by atoms with van der Waals surface area (Å²) in [6.07, 6.45) is 3.86. The van der Waals surface area contributed by atoms with Crippen molar-refractivity contribution in [3.63, 3.8) is 0 Å². The maximum atomic E-state index is 10.8. The highest BCUT2D eigenvalue weighted by molar-refractivity contribution is 5.39. The summed E-state index contributed by atoms with van der Waals surface area (Å²) in [5, 5.41) is 20.1. The average Bonchev–Trinajstić information content (AvgIpc) is 2.32. The molecule has 0 saturated heterocycles. The van der Waals surface area contributed by atoms with Crippen molar-refractivity contribution in [1.29, 1.82) is 0 Å². The molecular formula is C11H14N2O4. The predicted molar refractivity (Wildman–Crippen MR) is 59.8 cm³/mol. The van der Waals surface area contributed by atoms with Gasteiger partial charge in [0.2, 0.25) is 0 Å². The number of nitrogens with zero attached hydrogens (tertiary/aromatic N) is 2. The molecule has 1 aliphatic rings. The van der Waals surface area contributed by atoms with Crippen LogP contribution in [-0.4, -0.2) is 27.2 Å². The number of nitro groups is 1. The van der Waals surface area contributed by atoms with Crippen molar-refractivity contribution in [2.24, 2.45) is 0 Å². The van der Waals surface area contributed by atoms with Crippen LogP contribution in [0.25, 0.3) is 0 Å². The standard InChI is InChI=1S/C11H14N2O4/c14-8-3-5-9(6-4-8)17-11-10(13(15)16)2-1-7-12-11/h1-2,7-9,14H,3-6H2. The number of ether oxygens (including phenoxy) is 1. The van der Waals surface area contributed by atoms with Gasteiger partial charge in [0, 0.05) is 12.3 Å². The van der Waals surface area contributed by atoms with E-state index in [2.05, 4.69) is 4.98 Å². The van der Waals surface area contributed by atoms with Gasteiger partial charge in [-0.2, -0.15) is 0 Å². The van der Waals surface area contributed by atoms with Crippen molar-refractivity contribution < 1.29 is 14.8 Å². The lowest BCUT2D eigenvalue weighted by molar-refractivity contribution is -0.386. The zero-order valence-corrected chi connectivity index (χ0v) is 9.28. The summed E-state index contributed by atoms with van der Waals surface area (Å²) in [5.41, 5.74) is -0.112. The van der Waals surface area contributed by atoms with E-state index in [1.807, 2.05) is 0 Å². The Hall–Kier alpha value is -1.69. The van der Waals surface area contributed by atoms with E-state index in [0.717, 1.165) is 0 Å². The molecule has 92 valence electrons. The van der Waals surface area contributed by atoms with Gasteiger partial charge in [0.05, 0.1) is 11.0 Å². The molecule has 1 aliphatic carbocycles. The van der Waals surface area contributed by atoms with Crippen molar-refractivity contribution in [1.82, 2.24) is 4.98 Å². The molecule has 1 fully saturated rings. The Bertz CT molecular complexity index is 402. The van der Waals surface area contributed by atoms with Gasteiger partial charge in [-0.25, -0.2) is 4.98 Å². The molecule has 0 atom stereocenters. The molecule has 0 aromatic carbocycles. The summed E-state index contributed by atoms with van der Waals surface area (Å²) < 4.78 is 5.53. The Balaban J connectivity index is 2.05. The van der Waals surface area contributed by atoms with Gasteiger partial charge in [-0.05, 0) is 31.7 Å². The van der Waals surface area contributed by atoms with Gasteiger partial charge in [-0.3, -0.25) is 10.1 Å².